The Labute approximate surface area is 113 Å². The Morgan fingerprint density at radius 1 is 0.947 bits per heavy atom. The summed E-state index contributed by atoms with van der Waals surface area (Å²) in [7, 11) is 0. The van der Waals surface area contributed by atoms with Gasteiger partial charge in [0.05, 0.1) is 24.9 Å². The molecule has 3 saturated heterocycles. The lowest BCUT2D eigenvalue weighted by Gasteiger charge is -2.17. The lowest BCUT2D eigenvalue weighted by molar-refractivity contribution is 0.0332. The van der Waals surface area contributed by atoms with Gasteiger partial charge in [-0.2, -0.15) is 0 Å². The number of epoxide rings is 3. The van der Waals surface area contributed by atoms with Crippen molar-refractivity contribution in [1.29, 1.82) is 0 Å². The van der Waals surface area contributed by atoms with E-state index < -0.39 is 0 Å². The van der Waals surface area contributed by atoms with Crippen LogP contribution >= 0.6 is 0 Å². The van der Waals surface area contributed by atoms with Gasteiger partial charge in [-0.3, -0.25) is 0 Å². The SMILES string of the molecule is C1=C[C@@H]2OC2CC1COC1OC1C1CCC2OC2C1. The van der Waals surface area contributed by atoms with Crippen molar-refractivity contribution >= 4 is 0 Å². The Hall–Kier alpha value is -0.420. The molecule has 3 aliphatic heterocycles. The zero-order valence-corrected chi connectivity index (χ0v) is 10.9. The molecule has 104 valence electrons. The minimum atomic E-state index is 0.0477. The van der Waals surface area contributed by atoms with Crippen LogP contribution in [-0.2, 0) is 18.9 Å². The molecule has 4 nitrogen and oxygen atoms in total. The molecule has 0 aromatic heterocycles. The van der Waals surface area contributed by atoms with Crippen molar-refractivity contribution < 1.29 is 18.9 Å². The molecule has 1 saturated carbocycles. The fourth-order valence-electron chi connectivity index (χ4n) is 3.81. The van der Waals surface area contributed by atoms with Crippen LogP contribution in [0.5, 0.6) is 0 Å². The Balaban J connectivity index is 1.09. The maximum Gasteiger partial charge on any atom is 0.184 e. The van der Waals surface area contributed by atoms with E-state index >= 15 is 0 Å². The zero-order valence-electron chi connectivity index (χ0n) is 10.9. The Kier molecular flexibility index (Phi) is 2.40. The van der Waals surface area contributed by atoms with Crippen molar-refractivity contribution in [2.75, 3.05) is 6.61 Å². The van der Waals surface area contributed by atoms with Crippen LogP contribution in [0, 0.1) is 11.8 Å². The smallest absolute Gasteiger partial charge is 0.184 e. The van der Waals surface area contributed by atoms with E-state index in [4.69, 9.17) is 18.9 Å². The molecular formula is C15H20O4. The third-order valence-electron chi connectivity index (χ3n) is 5.20. The summed E-state index contributed by atoms with van der Waals surface area (Å²) in [4.78, 5) is 0. The molecule has 4 heteroatoms. The first-order chi connectivity index (χ1) is 9.37. The Bertz CT molecular complexity index is 409. The standard InChI is InChI=1S/C15H20O4/c1-3-10-12(17-10)5-8(1)7-16-15-14(19-15)9-2-4-11-13(6-9)18-11/h1,3,8-15H,2,4-7H2/t8?,9?,10-,11?,12?,13?,14?,15?/m0/s1. The first kappa shape index (κ1) is 11.3. The van der Waals surface area contributed by atoms with Crippen LogP contribution in [0.2, 0.25) is 0 Å². The van der Waals surface area contributed by atoms with E-state index in [1.807, 2.05) is 0 Å². The highest BCUT2D eigenvalue weighted by atomic mass is 16.8. The second-order valence-electron chi connectivity index (χ2n) is 6.61. The summed E-state index contributed by atoms with van der Waals surface area (Å²) >= 11 is 0. The highest BCUT2D eigenvalue weighted by Crippen LogP contribution is 2.46. The summed E-state index contributed by atoms with van der Waals surface area (Å²) in [6.07, 6.45) is 11.5. The van der Waals surface area contributed by atoms with Gasteiger partial charge in [-0.05, 0) is 31.6 Å². The van der Waals surface area contributed by atoms with Gasteiger partial charge in [0.1, 0.15) is 12.2 Å². The third kappa shape index (κ3) is 2.15. The van der Waals surface area contributed by atoms with Crippen molar-refractivity contribution in [2.24, 2.45) is 11.8 Å². The summed E-state index contributed by atoms with van der Waals surface area (Å²) < 4.78 is 22.7. The van der Waals surface area contributed by atoms with Gasteiger partial charge >= 0.3 is 0 Å². The van der Waals surface area contributed by atoms with Gasteiger partial charge in [0.15, 0.2) is 6.29 Å². The molecule has 5 rings (SSSR count). The summed E-state index contributed by atoms with van der Waals surface area (Å²) in [5.74, 6) is 1.17. The molecule has 0 aromatic carbocycles. The average Bonchev–Trinajstić information content (AvgIpc) is 3.33. The van der Waals surface area contributed by atoms with Crippen molar-refractivity contribution in [2.45, 2.75) is 62.5 Å². The lowest BCUT2D eigenvalue weighted by atomic mass is 9.87. The molecule has 5 aliphatic rings. The van der Waals surface area contributed by atoms with Crippen LogP contribution in [0.15, 0.2) is 12.2 Å². The summed E-state index contributed by atoms with van der Waals surface area (Å²) in [6.45, 7) is 0.777. The first-order valence-electron chi connectivity index (χ1n) is 7.63. The molecule has 0 radical (unpaired) electrons. The minimum Gasteiger partial charge on any atom is -0.370 e. The van der Waals surface area contributed by atoms with Gasteiger partial charge in [0.2, 0.25) is 0 Å². The topological polar surface area (TPSA) is 46.8 Å². The fraction of sp³-hybridized carbons (Fsp3) is 0.867. The van der Waals surface area contributed by atoms with Crippen molar-refractivity contribution in [1.82, 2.24) is 0 Å². The number of hydrogen-bond donors (Lipinski definition) is 0. The highest BCUT2D eigenvalue weighted by Gasteiger charge is 2.53. The molecule has 19 heavy (non-hydrogen) atoms. The van der Waals surface area contributed by atoms with Crippen LogP contribution in [0.4, 0.5) is 0 Å². The Morgan fingerprint density at radius 2 is 1.95 bits per heavy atom. The van der Waals surface area contributed by atoms with Crippen LogP contribution in [0.1, 0.15) is 25.7 Å². The highest BCUT2D eigenvalue weighted by molar-refractivity contribution is 5.11. The second kappa shape index (κ2) is 4.04. The van der Waals surface area contributed by atoms with Crippen LogP contribution in [0.3, 0.4) is 0 Å². The largest absolute Gasteiger partial charge is 0.370 e. The van der Waals surface area contributed by atoms with Crippen molar-refractivity contribution in [3.63, 3.8) is 0 Å². The van der Waals surface area contributed by atoms with Gasteiger partial charge in [0, 0.05) is 5.92 Å². The predicted molar refractivity (Wildman–Crippen MR) is 66.5 cm³/mol. The quantitative estimate of drug-likeness (QED) is 0.572. The fourth-order valence-corrected chi connectivity index (χ4v) is 3.81. The summed E-state index contributed by atoms with van der Waals surface area (Å²) in [5.41, 5.74) is 0. The number of fused-ring (bicyclic) bond motifs is 2. The van der Waals surface area contributed by atoms with E-state index in [0.717, 1.165) is 13.0 Å². The van der Waals surface area contributed by atoms with E-state index in [9.17, 15) is 0 Å². The van der Waals surface area contributed by atoms with E-state index in [0.29, 0.717) is 42.4 Å². The summed E-state index contributed by atoms with van der Waals surface area (Å²) in [5, 5.41) is 0. The monoisotopic (exact) mass is 264 g/mol. The normalized spacial score (nSPS) is 57.3. The molecular weight excluding hydrogens is 244 g/mol. The number of ether oxygens (including phenoxy) is 4. The summed E-state index contributed by atoms with van der Waals surface area (Å²) in [6, 6.07) is 0. The lowest BCUT2D eigenvalue weighted by Crippen LogP contribution is -2.21. The average molecular weight is 264 g/mol. The van der Waals surface area contributed by atoms with Gasteiger partial charge in [0.25, 0.3) is 0 Å². The maximum absolute atomic E-state index is 5.90. The van der Waals surface area contributed by atoms with Gasteiger partial charge in [-0.25, -0.2) is 0 Å². The molecule has 0 spiro atoms. The predicted octanol–water partition coefficient (Wildman–Crippen LogP) is 1.64. The van der Waals surface area contributed by atoms with Gasteiger partial charge < -0.3 is 18.9 Å². The molecule has 4 fully saturated rings. The van der Waals surface area contributed by atoms with E-state index in [1.54, 1.807) is 0 Å². The Morgan fingerprint density at radius 3 is 2.84 bits per heavy atom. The third-order valence-corrected chi connectivity index (χ3v) is 5.20. The first-order valence-corrected chi connectivity index (χ1v) is 7.63. The molecule has 0 aromatic rings. The van der Waals surface area contributed by atoms with Crippen LogP contribution in [0.25, 0.3) is 0 Å². The van der Waals surface area contributed by atoms with Crippen molar-refractivity contribution in [3.8, 4) is 0 Å². The minimum absolute atomic E-state index is 0.0477. The zero-order chi connectivity index (χ0) is 12.4. The van der Waals surface area contributed by atoms with Gasteiger partial charge in [-0.1, -0.05) is 12.2 Å². The maximum atomic E-state index is 5.90. The number of rotatable bonds is 4. The van der Waals surface area contributed by atoms with Crippen LogP contribution < -0.4 is 0 Å². The molecule has 0 N–H and O–H groups in total. The van der Waals surface area contributed by atoms with E-state index in [1.165, 1.54) is 19.3 Å². The van der Waals surface area contributed by atoms with E-state index in [-0.39, 0.29) is 6.29 Å². The van der Waals surface area contributed by atoms with Crippen LogP contribution in [-0.4, -0.2) is 43.4 Å². The molecule has 8 atom stereocenters. The molecule has 0 bridgehead atoms. The molecule has 2 aliphatic carbocycles. The van der Waals surface area contributed by atoms with E-state index in [2.05, 4.69) is 12.2 Å². The molecule has 3 heterocycles. The van der Waals surface area contributed by atoms with Gasteiger partial charge in [-0.15, -0.1) is 0 Å². The molecule has 0 amide bonds. The second-order valence-corrected chi connectivity index (χ2v) is 6.61. The molecule has 7 unspecified atom stereocenters. The van der Waals surface area contributed by atoms with Crippen molar-refractivity contribution in [3.05, 3.63) is 12.2 Å². The number of hydrogen-bond acceptors (Lipinski definition) is 4.